The number of hydrogen-bond donors (Lipinski definition) is 2. The second-order valence-electron chi connectivity index (χ2n) is 5.60. The number of methoxy groups -OCH3 is 1. The van der Waals surface area contributed by atoms with E-state index in [1.165, 1.54) is 0 Å². The fourth-order valence-electron chi connectivity index (χ4n) is 2.12. The molecule has 1 rings (SSSR count). The normalized spacial score (nSPS) is 12.9. The largest absolute Gasteiger partial charge is 0.496 e. The Balaban J connectivity index is 2.65. The topological polar surface area (TPSA) is 58.6 Å². The van der Waals surface area contributed by atoms with Crippen molar-refractivity contribution in [2.45, 2.75) is 33.3 Å². The molecule has 106 valence electrons. The molecule has 0 aliphatic carbocycles. The number of hydrogen-bond acceptors (Lipinski definition) is 3. The summed E-state index contributed by atoms with van der Waals surface area (Å²) in [7, 11) is 1.55. The maximum Gasteiger partial charge on any atom is 0.255 e. The maximum absolute atomic E-state index is 12.1. The monoisotopic (exact) mass is 265 g/mol. The Morgan fingerprint density at radius 3 is 2.63 bits per heavy atom. The van der Waals surface area contributed by atoms with Crippen molar-refractivity contribution in [3.05, 3.63) is 29.8 Å². The molecule has 0 aliphatic rings. The Bertz CT molecular complexity index is 427. The predicted octanol–water partition coefficient (Wildman–Crippen LogP) is 2.22. The van der Waals surface area contributed by atoms with Crippen molar-refractivity contribution < 1.29 is 14.6 Å². The number of aliphatic hydroxyl groups is 1. The van der Waals surface area contributed by atoms with Crippen LogP contribution in [0.25, 0.3) is 0 Å². The molecule has 0 spiro atoms. The van der Waals surface area contributed by atoms with Gasteiger partial charge in [-0.05, 0) is 30.9 Å². The highest BCUT2D eigenvalue weighted by molar-refractivity contribution is 5.96. The van der Waals surface area contributed by atoms with Gasteiger partial charge in [0.2, 0.25) is 0 Å². The van der Waals surface area contributed by atoms with Crippen LogP contribution in [0.4, 0.5) is 0 Å². The van der Waals surface area contributed by atoms with Crippen LogP contribution in [0.1, 0.15) is 37.6 Å². The third-order valence-electron chi connectivity index (χ3n) is 2.93. The fourth-order valence-corrected chi connectivity index (χ4v) is 2.12. The molecule has 2 N–H and O–H groups in total. The Kier molecular flexibility index (Phi) is 5.36. The van der Waals surface area contributed by atoms with Gasteiger partial charge in [-0.25, -0.2) is 0 Å². The number of rotatable bonds is 6. The molecule has 0 radical (unpaired) electrons. The van der Waals surface area contributed by atoms with E-state index >= 15 is 0 Å². The van der Waals surface area contributed by atoms with Gasteiger partial charge in [0.05, 0.1) is 18.8 Å². The van der Waals surface area contributed by atoms with E-state index in [1.54, 1.807) is 32.2 Å². The van der Waals surface area contributed by atoms with Gasteiger partial charge in [-0.3, -0.25) is 4.79 Å². The summed E-state index contributed by atoms with van der Waals surface area (Å²) in [5.41, 5.74) is 0.379. The fraction of sp³-hybridized carbons (Fsp3) is 0.533. The van der Waals surface area contributed by atoms with Crippen molar-refractivity contribution >= 4 is 5.91 Å². The van der Waals surface area contributed by atoms with Gasteiger partial charge in [0.25, 0.3) is 5.91 Å². The Morgan fingerprint density at radius 1 is 1.42 bits per heavy atom. The summed E-state index contributed by atoms with van der Waals surface area (Å²) in [5.74, 6) is 0.407. The highest BCUT2D eigenvalue weighted by Crippen LogP contribution is 2.22. The van der Waals surface area contributed by atoms with E-state index in [9.17, 15) is 9.90 Å². The Labute approximate surface area is 114 Å². The summed E-state index contributed by atoms with van der Waals surface area (Å²) in [6, 6.07) is 7.12. The number of benzene rings is 1. The number of nitrogens with one attached hydrogen (secondary N) is 1. The molecule has 0 fully saturated rings. The minimum atomic E-state index is -0.377. The Hall–Kier alpha value is -1.55. The lowest BCUT2D eigenvalue weighted by Gasteiger charge is -2.26. The molecule has 1 unspecified atom stereocenters. The third-order valence-corrected chi connectivity index (χ3v) is 2.93. The van der Waals surface area contributed by atoms with Crippen molar-refractivity contribution in [1.82, 2.24) is 5.32 Å². The smallest absolute Gasteiger partial charge is 0.255 e. The van der Waals surface area contributed by atoms with Gasteiger partial charge < -0.3 is 15.2 Å². The first-order valence-corrected chi connectivity index (χ1v) is 6.45. The van der Waals surface area contributed by atoms with E-state index in [4.69, 9.17) is 4.74 Å². The first-order valence-electron chi connectivity index (χ1n) is 6.45. The average molecular weight is 265 g/mol. The minimum Gasteiger partial charge on any atom is -0.496 e. The van der Waals surface area contributed by atoms with Gasteiger partial charge in [-0.1, -0.05) is 26.0 Å². The quantitative estimate of drug-likeness (QED) is 0.829. The molecule has 0 heterocycles. The van der Waals surface area contributed by atoms with Crippen LogP contribution in [0.3, 0.4) is 0 Å². The molecule has 19 heavy (non-hydrogen) atoms. The van der Waals surface area contributed by atoms with Gasteiger partial charge in [0, 0.05) is 6.54 Å². The molecule has 4 nitrogen and oxygen atoms in total. The zero-order valence-corrected chi connectivity index (χ0v) is 12.1. The van der Waals surface area contributed by atoms with Crippen LogP contribution < -0.4 is 10.1 Å². The molecule has 0 bridgehead atoms. The first-order chi connectivity index (χ1) is 8.85. The van der Waals surface area contributed by atoms with Crippen molar-refractivity contribution in [1.29, 1.82) is 0 Å². The van der Waals surface area contributed by atoms with Crippen LogP contribution in [0, 0.1) is 5.41 Å². The molecule has 4 heteroatoms. The summed E-state index contributed by atoms with van der Waals surface area (Å²) in [6.07, 6.45) is 0.261. The van der Waals surface area contributed by atoms with E-state index in [-0.39, 0.29) is 17.4 Å². The lowest BCUT2D eigenvalue weighted by Crippen LogP contribution is -2.35. The van der Waals surface area contributed by atoms with Crippen LogP contribution >= 0.6 is 0 Å². The number of carbonyl (C=O) groups is 1. The van der Waals surface area contributed by atoms with Gasteiger partial charge in [0.1, 0.15) is 5.75 Å². The lowest BCUT2D eigenvalue weighted by molar-refractivity contribution is 0.0899. The molecule has 1 aromatic carbocycles. The molecule has 1 aromatic rings. The van der Waals surface area contributed by atoms with Crippen molar-refractivity contribution in [2.75, 3.05) is 13.7 Å². The van der Waals surface area contributed by atoms with Gasteiger partial charge in [-0.15, -0.1) is 0 Å². The summed E-state index contributed by atoms with van der Waals surface area (Å²) in [4.78, 5) is 12.1. The predicted molar refractivity (Wildman–Crippen MR) is 75.4 cm³/mol. The standard InChI is InChI=1S/C15H23NO3/c1-11(17)9-15(2,3)10-16-14(18)12-7-5-6-8-13(12)19-4/h5-8,11,17H,9-10H2,1-4H3,(H,16,18). The highest BCUT2D eigenvalue weighted by Gasteiger charge is 2.22. The van der Waals surface area contributed by atoms with Crippen molar-refractivity contribution in [3.8, 4) is 5.75 Å². The number of carbonyl (C=O) groups excluding carboxylic acids is 1. The second-order valence-corrected chi connectivity index (χ2v) is 5.60. The zero-order valence-electron chi connectivity index (χ0n) is 12.1. The SMILES string of the molecule is COc1ccccc1C(=O)NCC(C)(C)CC(C)O. The molecule has 1 atom stereocenters. The summed E-state index contributed by atoms with van der Waals surface area (Å²) in [6.45, 7) is 6.29. The van der Waals surface area contributed by atoms with Crippen LogP contribution in [-0.2, 0) is 0 Å². The maximum atomic E-state index is 12.1. The van der Waals surface area contributed by atoms with E-state index in [1.807, 2.05) is 19.9 Å². The number of aliphatic hydroxyl groups excluding tert-OH is 1. The summed E-state index contributed by atoms with van der Waals surface area (Å²) in [5, 5.41) is 12.3. The highest BCUT2D eigenvalue weighted by atomic mass is 16.5. The average Bonchev–Trinajstić information content (AvgIpc) is 2.34. The molecule has 0 saturated carbocycles. The molecule has 0 aliphatic heterocycles. The number of para-hydroxylation sites is 1. The third kappa shape index (κ3) is 4.91. The van der Waals surface area contributed by atoms with Crippen molar-refractivity contribution in [2.24, 2.45) is 5.41 Å². The van der Waals surface area contributed by atoms with Crippen LogP contribution in [0.5, 0.6) is 5.75 Å². The summed E-state index contributed by atoms with van der Waals surface area (Å²) >= 11 is 0. The summed E-state index contributed by atoms with van der Waals surface area (Å²) < 4.78 is 5.16. The second kappa shape index (κ2) is 6.57. The van der Waals surface area contributed by atoms with Crippen molar-refractivity contribution in [3.63, 3.8) is 0 Å². The first kappa shape index (κ1) is 15.5. The molecular formula is C15H23NO3. The molecule has 0 saturated heterocycles. The molecule has 1 amide bonds. The van der Waals surface area contributed by atoms with Crippen LogP contribution in [0.2, 0.25) is 0 Å². The van der Waals surface area contributed by atoms with Gasteiger partial charge >= 0.3 is 0 Å². The van der Waals surface area contributed by atoms with Gasteiger partial charge in [0.15, 0.2) is 0 Å². The minimum absolute atomic E-state index is 0.147. The zero-order chi connectivity index (χ0) is 14.5. The van der Waals surface area contributed by atoms with Crippen LogP contribution in [-0.4, -0.2) is 30.8 Å². The van der Waals surface area contributed by atoms with E-state index in [2.05, 4.69) is 5.32 Å². The molecular weight excluding hydrogens is 242 g/mol. The molecule has 0 aromatic heterocycles. The Morgan fingerprint density at radius 2 is 2.05 bits per heavy atom. The van der Waals surface area contributed by atoms with E-state index < -0.39 is 0 Å². The van der Waals surface area contributed by atoms with E-state index in [0.717, 1.165) is 0 Å². The van der Waals surface area contributed by atoms with Crippen LogP contribution in [0.15, 0.2) is 24.3 Å². The van der Waals surface area contributed by atoms with E-state index in [0.29, 0.717) is 24.3 Å². The number of amides is 1. The van der Waals surface area contributed by atoms with Gasteiger partial charge in [-0.2, -0.15) is 0 Å². The number of ether oxygens (including phenoxy) is 1. The lowest BCUT2D eigenvalue weighted by atomic mass is 9.87.